The van der Waals surface area contributed by atoms with Gasteiger partial charge in [-0.15, -0.1) is 0 Å². The van der Waals surface area contributed by atoms with Crippen LogP contribution in [0.2, 0.25) is 0 Å². The van der Waals surface area contributed by atoms with Crippen molar-refractivity contribution in [3.8, 4) is 0 Å². The van der Waals surface area contributed by atoms with E-state index >= 15 is 0 Å². The van der Waals surface area contributed by atoms with Crippen molar-refractivity contribution in [3.63, 3.8) is 0 Å². The molecule has 0 fully saturated rings. The number of carbonyl (C=O) groups excluding carboxylic acids is 1. The van der Waals surface area contributed by atoms with Crippen LogP contribution in [-0.2, 0) is 17.8 Å². The molecule has 0 amide bonds. The molecule has 0 saturated carbocycles. The number of para-hydroxylation sites is 1. The molecule has 7 heteroatoms. The summed E-state index contributed by atoms with van der Waals surface area (Å²) in [5.74, 6) is 1.46. The first-order chi connectivity index (χ1) is 15.1. The molecule has 7 nitrogen and oxygen atoms in total. The zero-order valence-electron chi connectivity index (χ0n) is 17.3. The van der Waals surface area contributed by atoms with Gasteiger partial charge in [-0.05, 0) is 61.1 Å². The average Bonchev–Trinajstić information content (AvgIpc) is 3.42. The van der Waals surface area contributed by atoms with Crippen molar-refractivity contribution >= 4 is 28.5 Å². The number of furan rings is 1. The highest BCUT2D eigenvalue weighted by Crippen LogP contribution is 2.38. The number of aromatic nitrogens is 3. The standard InChI is InChI=1S/C24H21N3O4/c1-14-10-16(12-17-6-5-9-29-17)23-19(11-14)22(18-7-3-4-8-20(18)26-23)24(28)30-13-21-25-15(2)27-31-21/h3-9,12,14H,10-11,13H2,1-2H3/b16-12-. The Hall–Kier alpha value is -3.74. The van der Waals surface area contributed by atoms with Gasteiger partial charge in [0.15, 0.2) is 12.4 Å². The lowest BCUT2D eigenvalue weighted by Gasteiger charge is -2.26. The number of ether oxygens (including phenoxy) is 1. The first-order valence-electron chi connectivity index (χ1n) is 10.2. The maximum atomic E-state index is 13.3. The largest absolute Gasteiger partial charge is 0.465 e. The number of fused-ring (bicyclic) bond motifs is 2. The number of rotatable bonds is 4. The van der Waals surface area contributed by atoms with Crippen LogP contribution in [-0.4, -0.2) is 21.1 Å². The van der Waals surface area contributed by atoms with E-state index in [4.69, 9.17) is 18.7 Å². The van der Waals surface area contributed by atoms with E-state index in [9.17, 15) is 4.79 Å². The summed E-state index contributed by atoms with van der Waals surface area (Å²) in [6.45, 7) is 3.82. The van der Waals surface area contributed by atoms with Crippen LogP contribution in [0.3, 0.4) is 0 Å². The van der Waals surface area contributed by atoms with Crippen molar-refractivity contribution in [1.82, 2.24) is 15.1 Å². The number of nitrogens with zero attached hydrogens (tertiary/aromatic N) is 3. The number of esters is 1. The van der Waals surface area contributed by atoms with E-state index in [2.05, 4.69) is 17.1 Å². The number of hydrogen-bond acceptors (Lipinski definition) is 7. The van der Waals surface area contributed by atoms with E-state index < -0.39 is 5.97 Å². The molecule has 0 N–H and O–H groups in total. The molecule has 1 aliphatic carbocycles. The van der Waals surface area contributed by atoms with Crippen molar-refractivity contribution in [3.05, 3.63) is 77.0 Å². The molecule has 1 unspecified atom stereocenters. The Balaban J connectivity index is 1.61. The Morgan fingerprint density at radius 3 is 2.84 bits per heavy atom. The molecular weight excluding hydrogens is 394 g/mol. The van der Waals surface area contributed by atoms with E-state index in [1.807, 2.05) is 42.5 Å². The van der Waals surface area contributed by atoms with Crippen molar-refractivity contribution in [2.75, 3.05) is 0 Å². The van der Waals surface area contributed by atoms with Crippen molar-refractivity contribution in [2.45, 2.75) is 33.3 Å². The van der Waals surface area contributed by atoms with Gasteiger partial charge < -0.3 is 13.7 Å². The number of pyridine rings is 1. The van der Waals surface area contributed by atoms with Gasteiger partial charge in [0, 0.05) is 5.39 Å². The first-order valence-corrected chi connectivity index (χ1v) is 10.2. The van der Waals surface area contributed by atoms with E-state index in [1.54, 1.807) is 13.2 Å². The molecule has 31 heavy (non-hydrogen) atoms. The van der Waals surface area contributed by atoms with E-state index in [-0.39, 0.29) is 12.5 Å². The smallest absolute Gasteiger partial charge is 0.339 e. The number of aryl methyl sites for hydroxylation is 1. The molecule has 3 aromatic heterocycles. The third-order valence-corrected chi connectivity index (χ3v) is 5.38. The molecule has 4 aromatic rings. The summed E-state index contributed by atoms with van der Waals surface area (Å²) in [6, 6.07) is 11.4. The van der Waals surface area contributed by atoms with Crippen LogP contribution in [0, 0.1) is 12.8 Å². The monoisotopic (exact) mass is 415 g/mol. The van der Waals surface area contributed by atoms with Crippen molar-refractivity contribution in [2.24, 2.45) is 5.92 Å². The summed E-state index contributed by atoms with van der Waals surface area (Å²) in [7, 11) is 0. The molecule has 0 saturated heterocycles. The van der Waals surface area contributed by atoms with E-state index in [0.29, 0.717) is 17.3 Å². The highest BCUT2D eigenvalue weighted by atomic mass is 16.6. The van der Waals surface area contributed by atoms with Crippen LogP contribution in [0.4, 0.5) is 0 Å². The van der Waals surface area contributed by atoms with Gasteiger partial charge in [0.25, 0.3) is 5.89 Å². The molecule has 1 atom stereocenters. The maximum Gasteiger partial charge on any atom is 0.339 e. The van der Waals surface area contributed by atoms with Gasteiger partial charge in [-0.1, -0.05) is 30.3 Å². The molecule has 1 aliphatic rings. The van der Waals surface area contributed by atoms with Gasteiger partial charge >= 0.3 is 5.97 Å². The first kappa shape index (κ1) is 19.2. The summed E-state index contributed by atoms with van der Waals surface area (Å²) >= 11 is 0. The predicted molar refractivity (Wildman–Crippen MR) is 114 cm³/mol. The van der Waals surface area contributed by atoms with Crippen LogP contribution in [0.5, 0.6) is 0 Å². The van der Waals surface area contributed by atoms with Crippen LogP contribution < -0.4 is 0 Å². The third kappa shape index (κ3) is 3.74. The Labute approximate surface area is 178 Å². The molecule has 0 radical (unpaired) electrons. The summed E-state index contributed by atoms with van der Waals surface area (Å²) in [6.07, 6.45) is 5.25. The van der Waals surface area contributed by atoms with E-state index in [1.165, 1.54) is 0 Å². The predicted octanol–water partition coefficient (Wildman–Crippen LogP) is 5.00. The lowest BCUT2D eigenvalue weighted by Crippen LogP contribution is -2.19. The van der Waals surface area contributed by atoms with Gasteiger partial charge in [0.1, 0.15) is 5.76 Å². The molecule has 3 heterocycles. The Morgan fingerprint density at radius 2 is 2.06 bits per heavy atom. The second-order valence-electron chi connectivity index (χ2n) is 7.84. The number of hydrogen-bond donors (Lipinski definition) is 0. The zero-order valence-corrected chi connectivity index (χ0v) is 17.3. The summed E-state index contributed by atoms with van der Waals surface area (Å²) in [5, 5.41) is 4.52. The van der Waals surface area contributed by atoms with Crippen LogP contribution in [0.1, 0.15) is 52.4 Å². The van der Waals surface area contributed by atoms with Crippen molar-refractivity contribution < 1.29 is 18.5 Å². The highest BCUT2D eigenvalue weighted by Gasteiger charge is 2.29. The summed E-state index contributed by atoms with van der Waals surface area (Å²) in [4.78, 5) is 22.3. The minimum absolute atomic E-state index is 0.0737. The third-order valence-electron chi connectivity index (χ3n) is 5.38. The maximum absolute atomic E-state index is 13.3. The fourth-order valence-electron chi connectivity index (χ4n) is 4.11. The van der Waals surface area contributed by atoms with Crippen molar-refractivity contribution in [1.29, 1.82) is 0 Å². The Kier molecular flexibility index (Phi) is 4.86. The lowest BCUT2D eigenvalue weighted by atomic mass is 9.81. The average molecular weight is 415 g/mol. The Morgan fingerprint density at radius 1 is 1.19 bits per heavy atom. The second kappa shape index (κ2) is 7.83. The highest BCUT2D eigenvalue weighted by molar-refractivity contribution is 6.06. The number of benzene rings is 1. The molecule has 156 valence electrons. The molecule has 0 aliphatic heterocycles. The quantitative estimate of drug-likeness (QED) is 0.433. The molecule has 1 aromatic carbocycles. The minimum atomic E-state index is -0.419. The van der Waals surface area contributed by atoms with E-state index in [0.717, 1.165) is 46.3 Å². The number of carbonyl (C=O) groups is 1. The van der Waals surface area contributed by atoms with Gasteiger partial charge in [0.2, 0.25) is 0 Å². The number of allylic oxidation sites excluding steroid dienone is 1. The molecule has 5 rings (SSSR count). The fraction of sp³-hybridized carbons (Fsp3) is 0.250. The lowest BCUT2D eigenvalue weighted by molar-refractivity contribution is 0.0430. The molecule has 0 bridgehead atoms. The summed E-state index contributed by atoms with van der Waals surface area (Å²) < 4.78 is 16.2. The van der Waals surface area contributed by atoms with Gasteiger partial charge in [-0.3, -0.25) is 0 Å². The topological polar surface area (TPSA) is 91.2 Å². The minimum Gasteiger partial charge on any atom is -0.465 e. The second-order valence-corrected chi connectivity index (χ2v) is 7.84. The van der Waals surface area contributed by atoms with Gasteiger partial charge in [-0.2, -0.15) is 4.98 Å². The van der Waals surface area contributed by atoms with Crippen LogP contribution >= 0.6 is 0 Å². The molecular formula is C24H21N3O4. The summed E-state index contributed by atoms with van der Waals surface area (Å²) in [5.41, 5.74) is 4.09. The zero-order chi connectivity index (χ0) is 21.4. The fourth-order valence-corrected chi connectivity index (χ4v) is 4.11. The van der Waals surface area contributed by atoms with Crippen LogP contribution in [0.25, 0.3) is 22.6 Å². The molecule has 0 spiro atoms. The van der Waals surface area contributed by atoms with Crippen LogP contribution in [0.15, 0.2) is 51.6 Å². The van der Waals surface area contributed by atoms with Gasteiger partial charge in [-0.25, -0.2) is 9.78 Å². The normalized spacial score (nSPS) is 17.1. The Bertz CT molecular complexity index is 1290. The SMILES string of the molecule is Cc1noc(COC(=O)c2c3c(nc4ccccc24)/C(=C\c2ccco2)CC(C)C3)n1. The van der Waals surface area contributed by atoms with Gasteiger partial charge in [0.05, 0.1) is 23.0 Å².